The van der Waals surface area contributed by atoms with Crippen LogP contribution in [0.5, 0.6) is 0 Å². The molecule has 0 heterocycles. The van der Waals surface area contributed by atoms with Crippen LogP contribution in [0, 0.1) is 5.92 Å². The van der Waals surface area contributed by atoms with Crippen LogP contribution in [-0.2, 0) is 0 Å². The van der Waals surface area contributed by atoms with Crippen LogP contribution in [0.3, 0.4) is 0 Å². The van der Waals surface area contributed by atoms with Crippen molar-refractivity contribution in [1.82, 2.24) is 0 Å². The molecule has 0 aliphatic carbocycles. The van der Waals surface area contributed by atoms with Gasteiger partial charge in [-0.3, -0.25) is 0 Å². The van der Waals surface area contributed by atoms with E-state index in [2.05, 4.69) is 6.58 Å². The van der Waals surface area contributed by atoms with Crippen molar-refractivity contribution in [1.29, 1.82) is 0 Å². The Labute approximate surface area is 49.5 Å². The van der Waals surface area contributed by atoms with Crippen molar-refractivity contribution >= 4 is 0 Å². The topological polar surface area (TPSA) is 40.5 Å². The van der Waals surface area contributed by atoms with E-state index in [0.29, 0.717) is 0 Å². The number of hydrogen-bond acceptors (Lipinski definition) is 2. The Morgan fingerprint density at radius 3 is 1.88 bits per heavy atom. The van der Waals surface area contributed by atoms with Gasteiger partial charge in [0.25, 0.3) is 0 Å². The van der Waals surface area contributed by atoms with Gasteiger partial charge in [0, 0.05) is 5.92 Å². The van der Waals surface area contributed by atoms with Gasteiger partial charge < -0.3 is 10.2 Å². The molecule has 2 N–H and O–H groups in total. The molecule has 2 unspecified atom stereocenters. The maximum atomic E-state index is 8.77. The van der Waals surface area contributed by atoms with Gasteiger partial charge >= 0.3 is 0 Å². The van der Waals surface area contributed by atoms with Gasteiger partial charge in [0.2, 0.25) is 0 Å². The van der Waals surface area contributed by atoms with Gasteiger partial charge in [0.05, 0.1) is 11.9 Å². The van der Waals surface area contributed by atoms with Crippen LogP contribution in [-0.4, -0.2) is 16.3 Å². The monoisotopic (exact) mass is 116 g/mol. The third-order valence-corrected chi connectivity index (χ3v) is 1.25. The lowest BCUT2D eigenvalue weighted by Gasteiger charge is -2.11. The molecule has 0 aliphatic rings. The van der Waals surface area contributed by atoms with Gasteiger partial charge in [0.1, 0.15) is 0 Å². The molecular weight excluding hydrogens is 104 g/mol. The summed E-state index contributed by atoms with van der Waals surface area (Å²) in [6, 6.07) is 0. The fraction of sp³-hybridized carbons (Fsp3) is 0.667. The second-order valence-corrected chi connectivity index (χ2v) is 2.02. The maximum absolute atomic E-state index is 8.77. The van der Waals surface area contributed by atoms with Crippen molar-refractivity contribution in [2.75, 3.05) is 0 Å². The third-order valence-electron chi connectivity index (χ3n) is 1.25. The van der Waals surface area contributed by atoms with Crippen LogP contribution < -0.4 is 0 Å². The molecule has 0 bridgehead atoms. The van der Waals surface area contributed by atoms with E-state index in [1.807, 2.05) is 0 Å². The molecule has 0 aromatic heterocycles. The van der Waals surface area contributed by atoms with Crippen LogP contribution in [0.1, 0.15) is 13.8 Å². The fourth-order valence-electron chi connectivity index (χ4n) is 0.278. The molecule has 0 aromatic rings. The van der Waals surface area contributed by atoms with Gasteiger partial charge in [-0.2, -0.15) is 0 Å². The quantitative estimate of drug-likeness (QED) is 0.530. The van der Waals surface area contributed by atoms with Crippen molar-refractivity contribution in [2.24, 2.45) is 5.92 Å². The second-order valence-electron chi connectivity index (χ2n) is 2.02. The lowest BCUT2D eigenvalue weighted by molar-refractivity contribution is 0.127. The van der Waals surface area contributed by atoms with E-state index in [0.717, 1.165) is 0 Å². The second kappa shape index (κ2) is 2.72. The van der Waals surface area contributed by atoms with Crippen LogP contribution in [0.2, 0.25) is 0 Å². The van der Waals surface area contributed by atoms with Crippen LogP contribution >= 0.6 is 0 Å². The average molecular weight is 116 g/mol. The van der Waals surface area contributed by atoms with Crippen LogP contribution in [0.15, 0.2) is 12.3 Å². The highest BCUT2D eigenvalue weighted by Crippen LogP contribution is 2.08. The summed E-state index contributed by atoms with van der Waals surface area (Å²) in [5, 5.41) is 17.4. The fourth-order valence-corrected chi connectivity index (χ4v) is 0.278. The number of rotatable bonds is 2. The zero-order chi connectivity index (χ0) is 6.73. The highest BCUT2D eigenvalue weighted by molar-refractivity contribution is 4.88. The van der Waals surface area contributed by atoms with Crippen molar-refractivity contribution in [3.63, 3.8) is 0 Å². The Hall–Kier alpha value is -0.500. The Morgan fingerprint density at radius 2 is 1.88 bits per heavy atom. The van der Waals surface area contributed by atoms with E-state index in [9.17, 15) is 0 Å². The van der Waals surface area contributed by atoms with Gasteiger partial charge in [-0.05, 0) is 6.92 Å². The van der Waals surface area contributed by atoms with E-state index >= 15 is 0 Å². The molecular formula is C6H12O2. The molecule has 0 rings (SSSR count). The third kappa shape index (κ3) is 1.98. The average Bonchev–Trinajstić information content (AvgIpc) is 1.64. The SMILES string of the molecule is C=C(O)C(C)C(C)O. The molecule has 0 amide bonds. The predicted molar refractivity (Wildman–Crippen MR) is 32.6 cm³/mol. The van der Waals surface area contributed by atoms with Crippen molar-refractivity contribution in [3.05, 3.63) is 12.3 Å². The normalized spacial score (nSPS) is 17.4. The predicted octanol–water partition coefficient (Wildman–Crippen LogP) is 1.07. The van der Waals surface area contributed by atoms with E-state index in [-0.39, 0.29) is 11.7 Å². The van der Waals surface area contributed by atoms with E-state index in [1.165, 1.54) is 0 Å². The lowest BCUT2D eigenvalue weighted by atomic mass is 10.1. The highest BCUT2D eigenvalue weighted by atomic mass is 16.3. The smallest absolute Gasteiger partial charge is 0.0904 e. The first kappa shape index (κ1) is 7.50. The first-order chi connectivity index (χ1) is 3.55. The Balaban J connectivity index is 3.64. The van der Waals surface area contributed by atoms with Crippen LogP contribution in [0.25, 0.3) is 0 Å². The first-order valence-corrected chi connectivity index (χ1v) is 2.61. The Morgan fingerprint density at radius 1 is 1.50 bits per heavy atom. The summed E-state index contributed by atoms with van der Waals surface area (Å²) >= 11 is 0. The van der Waals surface area contributed by atoms with Crippen LogP contribution in [0.4, 0.5) is 0 Å². The van der Waals surface area contributed by atoms with E-state index in [1.54, 1.807) is 13.8 Å². The molecule has 2 heteroatoms. The lowest BCUT2D eigenvalue weighted by Crippen LogP contribution is -2.14. The van der Waals surface area contributed by atoms with E-state index < -0.39 is 6.10 Å². The number of aliphatic hydroxyl groups excluding tert-OH is 2. The van der Waals surface area contributed by atoms with Gasteiger partial charge in [-0.25, -0.2) is 0 Å². The summed E-state index contributed by atoms with van der Waals surface area (Å²) in [6.45, 7) is 6.60. The Bertz CT molecular complexity index is 86.5. The minimum Gasteiger partial charge on any atom is -0.513 e. The van der Waals surface area contributed by atoms with Crippen molar-refractivity contribution < 1.29 is 10.2 Å². The highest BCUT2D eigenvalue weighted by Gasteiger charge is 2.09. The molecule has 2 nitrogen and oxygen atoms in total. The van der Waals surface area contributed by atoms with E-state index in [4.69, 9.17) is 10.2 Å². The van der Waals surface area contributed by atoms with Gasteiger partial charge in [-0.15, -0.1) is 0 Å². The van der Waals surface area contributed by atoms with Gasteiger partial charge in [-0.1, -0.05) is 13.5 Å². The zero-order valence-electron chi connectivity index (χ0n) is 5.26. The first-order valence-electron chi connectivity index (χ1n) is 2.61. The van der Waals surface area contributed by atoms with Crippen molar-refractivity contribution in [3.8, 4) is 0 Å². The summed E-state index contributed by atoms with van der Waals surface area (Å²) in [7, 11) is 0. The summed E-state index contributed by atoms with van der Waals surface area (Å²) in [6.07, 6.45) is -0.507. The van der Waals surface area contributed by atoms with Crippen molar-refractivity contribution in [2.45, 2.75) is 20.0 Å². The molecule has 48 valence electrons. The minimum absolute atomic E-state index is 0.0417. The molecule has 0 spiro atoms. The number of hydrogen-bond donors (Lipinski definition) is 2. The zero-order valence-corrected chi connectivity index (χ0v) is 5.26. The summed E-state index contributed by atoms with van der Waals surface area (Å²) < 4.78 is 0. The maximum Gasteiger partial charge on any atom is 0.0904 e. The molecule has 0 aromatic carbocycles. The molecule has 8 heavy (non-hydrogen) atoms. The molecule has 0 saturated carbocycles. The summed E-state index contributed by atoms with van der Waals surface area (Å²) in [5.74, 6) is -0.171. The number of aliphatic hydroxyl groups is 2. The standard InChI is InChI=1S/C6H12O2/c1-4(5(2)7)6(3)8/h4,6-8H,2H2,1,3H3. The largest absolute Gasteiger partial charge is 0.513 e. The Kier molecular flexibility index (Phi) is 2.55. The summed E-state index contributed by atoms with van der Waals surface area (Å²) in [5.41, 5.74) is 0. The minimum atomic E-state index is -0.507. The molecule has 0 aliphatic heterocycles. The molecule has 2 atom stereocenters. The molecule has 0 fully saturated rings. The molecule has 0 saturated heterocycles. The summed E-state index contributed by atoms with van der Waals surface area (Å²) in [4.78, 5) is 0. The molecule has 0 radical (unpaired) electrons. The van der Waals surface area contributed by atoms with Gasteiger partial charge in [0.15, 0.2) is 0 Å².